The van der Waals surface area contributed by atoms with Crippen LogP contribution in [0.25, 0.3) is 10.8 Å². The third kappa shape index (κ3) is 5.96. The summed E-state index contributed by atoms with van der Waals surface area (Å²) < 4.78 is 0. The van der Waals surface area contributed by atoms with Crippen LogP contribution >= 0.6 is 0 Å². The van der Waals surface area contributed by atoms with E-state index >= 15 is 0 Å². The molecule has 7 nitrogen and oxygen atoms in total. The molecule has 0 aliphatic heterocycles. The van der Waals surface area contributed by atoms with Crippen molar-refractivity contribution in [2.24, 2.45) is 21.9 Å². The first-order chi connectivity index (χ1) is 15.0. The van der Waals surface area contributed by atoms with Gasteiger partial charge in [-0.1, -0.05) is 55.3 Å². The number of unbranched alkanes of at least 4 members (excludes halogenated alkanes) is 1. The van der Waals surface area contributed by atoms with E-state index in [9.17, 15) is 9.59 Å². The molecule has 0 atom stereocenters. The summed E-state index contributed by atoms with van der Waals surface area (Å²) in [5.41, 5.74) is 10.8. The molecule has 31 heavy (non-hydrogen) atoms. The molecular formula is C24H33N5O2. The third-order valence-corrected chi connectivity index (χ3v) is 6.00. The number of nitrogens with one attached hydrogen (secondary N) is 2. The highest BCUT2D eigenvalue weighted by atomic mass is 16.2. The average Bonchev–Trinajstić information content (AvgIpc) is 3.27. The molecule has 0 bridgehead atoms. The van der Waals surface area contributed by atoms with Crippen molar-refractivity contribution in [3.05, 3.63) is 48.0 Å². The Kier molecular flexibility index (Phi) is 7.87. The van der Waals surface area contributed by atoms with Crippen molar-refractivity contribution < 1.29 is 9.59 Å². The quantitative estimate of drug-likeness (QED) is 0.202. The van der Waals surface area contributed by atoms with Crippen LogP contribution in [0.5, 0.6) is 0 Å². The van der Waals surface area contributed by atoms with Crippen molar-refractivity contribution >= 4 is 28.5 Å². The standard InChI is InChI=1S/C24H33N5O2/c25-23(26)29-15-6-5-14-27-21(30)24(12-3-4-13-24)22(31)28-16-11-18-9-10-19-7-1-2-8-20(19)17-18/h1-2,7-10,17H,3-6,11-16H2,(H,27,30)(H,28,31)(H4,25,26,29). The SMILES string of the molecule is NC(N)=NCCCCNC(=O)C1(C(=O)NCCc2ccc3ccccc3c2)CCCC1. The maximum Gasteiger partial charge on any atom is 0.235 e. The molecule has 2 aromatic carbocycles. The van der Waals surface area contributed by atoms with E-state index in [4.69, 9.17) is 11.5 Å². The van der Waals surface area contributed by atoms with E-state index in [1.165, 1.54) is 16.3 Å². The molecule has 0 heterocycles. The minimum atomic E-state index is -0.941. The Morgan fingerprint density at radius 2 is 1.58 bits per heavy atom. The molecule has 2 amide bonds. The van der Waals surface area contributed by atoms with Gasteiger partial charge in [0.2, 0.25) is 11.8 Å². The summed E-state index contributed by atoms with van der Waals surface area (Å²) in [4.78, 5) is 29.8. The van der Waals surface area contributed by atoms with Gasteiger partial charge in [0.15, 0.2) is 5.96 Å². The van der Waals surface area contributed by atoms with Gasteiger partial charge in [-0.15, -0.1) is 0 Å². The first-order valence-corrected chi connectivity index (χ1v) is 11.1. The number of benzene rings is 2. The lowest BCUT2D eigenvalue weighted by atomic mass is 9.83. The number of aliphatic imine (C=N–C) groups is 1. The van der Waals surface area contributed by atoms with Crippen molar-refractivity contribution in [3.8, 4) is 0 Å². The van der Waals surface area contributed by atoms with Gasteiger partial charge in [0, 0.05) is 19.6 Å². The summed E-state index contributed by atoms with van der Waals surface area (Å²) in [5.74, 6) is -0.229. The van der Waals surface area contributed by atoms with E-state index in [0.717, 1.165) is 32.1 Å². The molecule has 7 heteroatoms. The highest BCUT2D eigenvalue weighted by Gasteiger charge is 2.47. The minimum absolute atomic E-state index is 0.0781. The molecule has 1 aliphatic rings. The van der Waals surface area contributed by atoms with Gasteiger partial charge >= 0.3 is 0 Å². The van der Waals surface area contributed by atoms with E-state index in [1.54, 1.807) is 0 Å². The number of carbonyl (C=O) groups excluding carboxylic acids is 2. The van der Waals surface area contributed by atoms with Crippen molar-refractivity contribution in [1.82, 2.24) is 10.6 Å². The van der Waals surface area contributed by atoms with Crippen molar-refractivity contribution in [3.63, 3.8) is 0 Å². The molecule has 0 radical (unpaired) electrons. The maximum atomic E-state index is 13.0. The molecule has 1 aliphatic carbocycles. The second kappa shape index (κ2) is 10.8. The Morgan fingerprint density at radius 1 is 0.903 bits per heavy atom. The fourth-order valence-electron chi connectivity index (χ4n) is 4.24. The van der Waals surface area contributed by atoms with Gasteiger partial charge in [0.25, 0.3) is 0 Å². The first kappa shape index (κ1) is 22.6. The van der Waals surface area contributed by atoms with Crippen molar-refractivity contribution in [2.75, 3.05) is 19.6 Å². The number of nitrogens with zero attached hydrogens (tertiary/aromatic N) is 1. The van der Waals surface area contributed by atoms with Gasteiger partial charge < -0.3 is 22.1 Å². The second-order valence-corrected chi connectivity index (χ2v) is 8.25. The molecule has 1 fully saturated rings. The Labute approximate surface area is 183 Å². The molecule has 3 rings (SSSR count). The molecule has 0 spiro atoms. The summed E-state index contributed by atoms with van der Waals surface area (Å²) in [5, 5.41) is 8.37. The number of nitrogens with two attached hydrogens (primary N) is 2. The zero-order valence-electron chi connectivity index (χ0n) is 18.0. The lowest BCUT2D eigenvalue weighted by Gasteiger charge is -2.26. The van der Waals surface area contributed by atoms with E-state index < -0.39 is 5.41 Å². The number of hydrogen-bond acceptors (Lipinski definition) is 3. The zero-order chi connectivity index (χ0) is 22.1. The number of guanidine groups is 1. The maximum absolute atomic E-state index is 13.0. The molecule has 1 saturated carbocycles. The van der Waals surface area contributed by atoms with Crippen LogP contribution in [-0.4, -0.2) is 37.4 Å². The average molecular weight is 424 g/mol. The fourth-order valence-corrected chi connectivity index (χ4v) is 4.24. The highest BCUT2D eigenvalue weighted by molar-refractivity contribution is 6.05. The number of carbonyl (C=O) groups is 2. The van der Waals surface area contributed by atoms with Crippen LogP contribution in [0.15, 0.2) is 47.5 Å². The van der Waals surface area contributed by atoms with E-state index in [1.807, 2.05) is 12.1 Å². The number of rotatable bonds is 10. The molecule has 0 saturated heterocycles. The zero-order valence-corrected chi connectivity index (χ0v) is 18.0. The normalized spacial score (nSPS) is 14.8. The molecule has 0 aromatic heterocycles. The molecule has 2 aromatic rings. The van der Waals surface area contributed by atoms with E-state index in [2.05, 4.69) is 46.0 Å². The van der Waals surface area contributed by atoms with Crippen LogP contribution < -0.4 is 22.1 Å². The van der Waals surface area contributed by atoms with Gasteiger partial charge in [-0.2, -0.15) is 0 Å². The van der Waals surface area contributed by atoms with E-state index in [-0.39, 0.29) is 17.8 Å². The number of fused-ring (bicyclic) bond motifs is 1. The molecular weight excluding hydrogens is 390 g/mol. The summed E-state index contributed by atoms with van der Waals surface area (Å²) >= 11 is 0. The van der Waals surface area contributed by atoms with Crippen LogP contribution in [0.4, 0.5) is 0 Å². The fraction of sp³-hybridized carbons (Fsp3) is 0.458. The third-order valence-electron chi connectivity index (χ3n) is 6.00. The van der Waals surface area contributed by atoms with Gasteiger partial charge in [0.1, 0.15) is 5.41 Å². The smallest absolute Gasteiger partial charge is 0.235 e. The lowest BCUT2D eigenvalue weighted by Crippen LogP contribution is -2.50. The Morgan fingerprint density at radius 3 is 2.29 bits per heavy atom. The topological polar surface area (TPSA) is 123 Å². The predicted octanol–water partition coefficient (Wildman–Crippen LogP) is 2.23. The van der Waals surface area contributed by atoms with Gasteiger partial charge in [0.05, 0.1) is 0 Å². The summed E-state index contributed by atoms with van der Waals surface area (Å²) in [6.45, 7) is 1.58. The monoisotopic (exact) mass is 423 g/mol. The highest BCUT2D eigenvalue weighted by Crippen LogP contribution is 2.38. The van der Waals surface area contributed by atoms with Gasteiger partial charge in [-0.25, -0.2) is 0 Å². The Balaban J connectivity index is 1.49. The molecule has 6 N–H and O–H groups in total. The summed E-state index contributed by atoms with van der Waals surface area (Å²) in [7, 11) is 0. The molecule has 0 unspecified atom stereocenters. The summed E-state index contributed by atoms with van der Waals surface area (Å²) in [6, 6.07) is 14.6. The van der Waals surface area contributed by atoms with Crippen LogP contribution in [0.2, 0.25) is 0 Å². The van der Waals surface area contributed by atoms with Crippen LogP contribution in [0.3, 0.4) is 0 Å². The second-order valence-electron chi connectivity index (χ2n) is 8.25. The van der Waals surface area contributed by atoms with Gasteiger partial charge in [-0.05, 0) is 48.4 Å². The van der Waals surface area contributed by atoms with Crippen LogP contribution in [-0.2, 0) is 16.0 Å². The lowest BCUT2D eigenvalue weighted by molar-refractivity contribution is -0.143. The predicted molar refractivity (Wildman–Crippen MR) is 124 cm³/mol. The largest absolute Gasteiger partial charge is 0.370 e. The van der Waals surface area contributed by atoms with Crippen LogP contribution in [0, 0.1) is 5.41 Å². The Bertz CT molecular complexity index is 930. The van der Waals surface area contributed by atoms with Crippen LogP contribution in [0.1, 0.15) is 44.1 Å². The van der Waals surface area contributed by atoms with E-state index in [0.29, 0.717) is 32.5 Å². The Hall–Kier alpha value is -3.09. The number of amides is 2. The van der Waals surface area contributed by atoms with Crippen molar-refractivity contribution in [2.45, 2.75) is 44.9 Å². The minimum Gasteiger partial charge on any atom is -0.370 e. The van der Waals surface area contributed by atoms with Gasteiger partial charge in [-0.3, -0.25) is 14.6 Å². The first-order valence-electron chi connectivity index (χ1n) is 11.1. The summed E-state index contributed by atoms with van der Waals surface area (Å²) in [6.07, 6.45) is 5.29. The molecule has 166 valence electrons. The number of hydrogen-bond donors (Lipinski definition) is 4. The van der Waals surface area contributed by atoms with Crippen molar-refractivity contribution in [1.29, 1.82) is 0 Å².